The highest BCUT2D eigenvalue weighted by Crippen LogP contribution is 2.26. The van der Waals surface area contributed by atoms with E-state index in [0.717, 1.165) is 21.6 Å². The van der Waals surface area contributed by atoms with Crippen molar-refractivity contribution in [2.45, 2.75) is 128 Å². The van der Waals surface area contributed by atoms with Crippen molar-refractivity contribution in [2.24, 2.45) is 29.0 Å². The molecule has 0 saturated carbocycles. The summed E-state index contributed by atoms with van der Waals surface area (Å²) in [6.45, 7) is 6.68. The normalized spacial score (nSPS) is 23.4. The number of likely N-dealkylation sites (tertiary alicyclic amines) is 1. The molecule has 1 aromatic rings. The van der Waals surface area contributed by atoms with Gasteiger partial charge in [-0.05, 0) is 55.2 Å². The Morgan fingerprint density at radius 1 is 0.809 bits per heavy atom. The number of benzene rings is 1. The van der Waals surface area contributed by atoms with E-state index < -0.39 is 133 Å². The van der Waals surface area contributed by atoms with Gasteiger partial charge in [0.1, 0.15) is 48.0 Å². The number of carbonyl (C=O) groups excluding carboxylic acids is 11. The van der Waals surface area contributed by atoms with Gasteiger partial charge in [-0.3, -0.25) is 52.7 Å². The van der Waals surface area contributed by atoms with Crippen LogP contribution >= 0.6 is 21.6 Å². The standard InChI is InChI=1S/C43H65N11O12S2/c1-5-23(4)36-42(65)49-26(12-13-32(44)56)38(61)50-29(19-33(45)57)39(62)52-30(21-68-67-16-14-35(59)48-28(40(63)53-36)18-24-8-10-25(55)11-9-24)43(66)54-15-6-7-31(54)41(64)51-27(17-22(2)3)37(60)47-20-34(46)58/h8-11,22-23,26-31,36,55H,5-7,12-21H2,1-4H3,(H2,44,56)(H2,45,57)(H2,46,58)(H,47,60)(H,48,59)(H,49,65)(H,50,61)(H,51,64)(H,52,62)(H,53,63)/t23-,26?,27-,28-,29-,30-,31-,36-/m0/s1. The molecule has 2 aliphatic rings. The average Bonchev–Trinajstić information content (AvgIpc) is 3.77. The zero-order valence-electron chi connectivity index (χ0n) is 38.6. The SMILES string of the molecule is CC[C@H](C)[C@@H]1NC(=O)[C@H](Cc2ccc(O)cc2)NC(=O)CCSSC[C@@H](C(=O)N2CCC[C@H]2C(=O)N[C@@H](CC(C)C)C(=O)NCC(N)=O)NC(=O)[C@H](CC(N)=O)NC(=O)C(CCC(N)=O)NC1=O. The maximum absolute atomic E-state index is 14.5. The molecule has 0 radical (unpaired) electrons. The van der Waals surface area contributed by atoms with Crippen molar-refractivity contribution in [3.63, 3.8) is 0 Å². The maximum atomic E-state index is 14.5. The molecule has 25 heteroatoms. The van der Waals surface area contributed by atoms with Gasteiger partial charge in [0.25, 0.3) is 0 Å². The lowest BCUT2D eigenvalue weighted by molar-refractivity contribution is -0.142. The van der Waals surface area contributed by atoms with Gasteiger partial charge in [-0.2, -0.15) is 0 Å². The van der Waals surface area contributed by atoms with Gasteiger partial charge in [0.2, 0.25) is 65.0 Å². The van der Waals surface area contributed by atoms with Gasteiger partial charge in [-0.1, -0.05) is 67.8 Å². The van der Waals surface area contributed by atoms with Gasteiger partial charge in [-0.15, -0.1) is 0 Å². The number of nitrogens with one attached hydrogen (secondary N) is 7. The van der Waals surface area contributed by atoms with Crippen molar-refractivity contribution >= 4 is 86.6 Å². The van der Waals surface area contributed by atoms with E-state index in [2.05, 4.69) is 37.2 Å². The first kappa shape index (κ1) is 56.2. The molecule has 23 nitrogen and oxygen atoms in total. The van der Waals surface area contributed by atoms with Gasteiger partial charge >= 0.3 is 0 Å². The zero-order valence-corrected chi connectivity index (χ0v) is 40.3. The minimum atomic E-state index is -1.73. The van der Waals surface area contributed by atoms with E-state index in [1.165, 1.54) is 17.0 Å². The fourth-order valence-electron chi connectivity index (χ4n) is 7.33. The molecule has 2 heterocycles. The molecule has 0 aromatic heterocycles. The van der Waals surface area contributed by atoms with Crippen molar-refractivity contribution in [1.82, 2.24) is 42.1 Å². The molecule has 8 atom stereocenters. The third-order valence-corrected chi connectivity index (χ3v) is 13.5. The number of phenols is 1. The lowest BCUT2D eigenvalue weighted by Crippen LogP contribution is -2.61. The summed E-state index contributed by atoms with van der Waals surface area (Å²) in [5.74, 6) is -9.59. The summed E-state index contributed by atoms with van der Waals surface area (Å²) in [7, 11) is 2.24. The molecule has 0 aliphatic carbocycles. The Morgan fingerprint density at radius 2 is 1.46 bits per heavy atom. The quantitative estimate of drug-likeness (QED) is 0.0717. The minimum absolute atomic E-state index is 0.0255. The lowest BCUT2D eigenvalue weighted by Gasteiger charge is -2.31. The smallest absolute Gasteiger partial charge is 0.246 e. The molecule has 2 aliphatic heterocycles. The minimum Gasteiger partial charge on any atom is -0.508 e. The van der Waals surface area contributed by atoms with Crippen LogP contribution in [0.5, 0.6) is 5.75 Å². The monoisotopic (exact) mass is 991 g/mol. The number of rotatable bonds is 17. The number of nitrogens with two attached hydrogens (primary N) is 3. The predicted octanol–water partition coefficient (Wildman–Crippen LogP) is -2.55. The van der Waals surface area contributed by atoms with E-state index in [9.17, 15) is 57.8 Å². The second-order valence-corrected chi connectivity index (χ2v) is 19.8. The van der Waals surface area contributed by atoms with E-state index in [1.54, 1.807) is 26.0 Å². The largest absolute Gasteiger partial charge is 0.508 e. The summed E-state index contributed by atoms with van der Waals surface area (Å²) in [5.41, 5.74) is 16.7. The van der Waals surface area contributed by atoms with Crippen molar-refractivity contribution in [2.75, 3.05) is 24.6 Å². The fourth-order valence-corrected chi connectivity index (χ4v) is 9.47. The summed E-state index contributed by atoms with van der Waals surface area (Å²) in [6.07, 6.45) is -0.630. The van der Waals surface area contributed by atoms with Crippen LogP contribution in [0.3, 0.4) is 0 Å². The summed E-state index contributed by atoms with van der Waals surface area (Å²) >= 11 is 0. The second kappa shape index (κ2) is 27.6. The van der Waals surface area contributed by atoms with E-state index in [0.29, 0.717) is 18.4 Å². The van der Waals surface area contributed by atoms with Crippen molar-refractivity contribution < 1.29 is 57.8 Å². The van der Waals surface area contributed by atoms with Crippen molar-refractivity contribution in [1.29, 1.82) is 0 Å². The number of nitrogens with zero attached hydrogens (tertiary/aromatic N) is 1. The second-order valence-electron chi connectivity index (χ2n) is 17.1. The predicted molar refractivity (Wildman–Crippen MR) is 251 cm³/mol. The van der Waals surface area contributed by atoms with Crippen LogP contribution in [0.4, 0.5) is 0 Å². The Labute approximate surface area is 402 Å². The number of aromatic hydroxyl groups is 1. The van der Waals surface area contributed by atoms with Crippen LogP contribution in [0.1, 0.15) is 84.6 Å². The van der Waals surface area contributed by atoms with Crippen LogP contribution in [0.25, 0.3) is 0 Å². The van der Waals surface area contributed by atoms with Gasteiger partial charge < -0.3 is 64.4 Å². The highest BCUT2D eigenvalue weighted by atomic mass is 33.1. The van der Waals surface area contributed by atoms with Crippen LogP contribution < -0.4 is 54.4 Å². The number of hydrogen-bond donors (Lipinski definition) is 11. The number of phenolic OH excluding ortho intramolecular Hbond substituents is 1. The Morgan fingerprint density at radius 3 is 2.07 bits per heavy atom. The first-order valence-electron chi connectivity index (χ1n) is 22.4. The summed E-state index contributed by atoms with van der Waals surface area (Å²) in [6, 6.07) is -3.44. The van der Waals surface area contributed by atoms with Gasteiger partial charge in [0, 0.05) is 37.3 Å². The Hall–Kier alpha value is -6.11. The molecule has 0 spiro atoms. The van der Waals surface area contributed by atoms with Gasteiger partial charge in [-0.25, -0.2) is 0 Å². The third-order valence-electron chi connectivity index (χ3n) is 11.1. The maximum Gasteiger partial charge on any atom is 0.246 e. The van der Waals surface area contributed by atoms with Gasteiger partial charge in [0.05, 0.1) is 13.0 Å². The molecular weight excluding hydrogens is 927 g/mol. The lowest BCUT2D eigenvalue weighted by atomic mass is 9.96. The number of carbonyl (C=O) groups is 11. The van der Waals surface area contributed by atoms with Crippen LogP contribution in [0.15, 0.2) is 24.3 Å². The molecule has 376 valence electrons. The topological polar surface area (TPSA) is 374 Å². The van der Waals surface area contributed by atoms with Crippen molar-refractivity contribution in [3.8, 4) is 5.75 Å². The molecule has 3 rings (SSSR count). The molecule has 1 unspecified atom stereocenters. The third kappa shape index (κ3) is 18.5. The Kier molecular flexibility index (Phi) is 22.9. The van der Waals surface area contributed by atoms with E-state index in [-0.39, 0.29) is 61.8 Å². The number of amides is 11. The van der Waals surface area contributed by atoms with Crippen LogP contribution in [0, 0.1) is 11.8 Å². The Balaban J connectivity index is 2.02. The fraction of sp³-hybridized carbons (Fsp3) is 0.605. The highest BCUT2D eigenvalue weighted by molar-refractivity contribution is 8.76. The van der Waals surface area contributed by atoms with Gasteiger partial charge in [0.15, 0.2) is 0 Å². The Bertz CT molecular complexity index is 2010. The van der Waals surface area contributed by atoms with E-state index in [1.807, 2.05) is 13.8 Å². The summed E-state index contributed by atoms with van der Waals surface area (Å²) < 4.78 is 0. The molecule has 14 N–H and O–H groups in total. The molecule has 68 heavy (non-hydrogen) atoms. The number of primary amides is 3. The highest BCUT2D eigenvalue weighted by Gasteiger charge is 2.41. The first-order valence-corrected chi connectivity index (χ1v) is 24.8. The summed E-state index contributed by atoms with van der Waals surface area (Å²) in [4.78, 5) is 148. The molecule has 2 fully saturated rings. The van der Waals surface area contributed by atoms with E-state index >= 15 is 0 Å². The van der Waals surface area contributed by atoms with Crippen molar-refractivity contribution in [3.05, 3.63) is 29.8 Å². The van der Waals surface area contributed by atoms with Crippen LogP contribution in [-0.4, -0.2) is 142 Å². The average molecular weight is 992 g/mol. The summed E-state index contributed by atoms with van der Waals surface area (Å²) in [5, 5.41) is 27.8. The van der Waals surface area contributed by atoms with Crippen LogP contribution in [0.2, 0.25) is 0 Å². The molecule has 1 aromatic carbocycles. The first-order chi connectivity index (χ1) is 32.1. The molecule has 11 amide bonds. The van der Waals surface area contributed by atoms with E-state index in [4.69, 9.17) is 17.2 Å². The number of hydrogen-bond acceptors (Lipinski definition) is 14. The van der Waals surface area contributed by atoms with Crippen LogP contribution in [-0.2, 0) is 59.2 Å². The zero-order chi connectivity index (χ0) is 50.7. The molecule has 2 saturated heterocycles. The molecule has 0 bridgehead atoms. The molecular formula is C43H65N11O12S2.